The van der Waals surface area contributed by atoms with E-state index in [1.54, 1.807) is 0 Å². The van der Waals surface area contributed by atoms with E-state index in [2.05, 4.69) is 254 Å². The minimum atomic E-state index is 1.14. The van der Waals surface area contributed by atoms with E-state index in [1.165, 1.54) is 33.4 Å². The second kappa shape index (κ2) is 21.2. The Balaban J connectivity index is 0.000000182. The summed E-state index contributed by atoms with van der Waals surface area (Å²) in [6, 6.07) is 76.3. The van der Waals surface area contributed by atoms with Crippen LogP contribution in [0.4, 0.5) is 34.1 Å². The summed E-state index contributed by atoms with van der Waals surface area (Å²) >= 11 is 0. The van der Waals surface area contributed by atoms with Gasteiger partial charge < -0.3 is 9.80 Å². The van der Waals surface area contributed by atoms with Gasteiger partial charge in [-0.25, -0.2) is 0 Å². The molecule has 0 spiro atoms. The molecule has 8 aromatic carbocycles. The monoisotopic (exact) mass is 774 g/mol. The van der Waals surface area contributed by atoms with Gasteiger partial charge in [-0.3, -0.25) is 0 Å². The van der Waals surface area contributed by atoms with Gasteiger partial charge in [-0.15, -0.1) is 0 Å². The highest BCUT2D eigenvalue weighted by atomic mass is 15.1. The molecular weight excluding hydrogens is 725 g/mol. The summed E-state index contributed by atoms with van der Waals surface area (Å²) in [4.78, 5) is 4.56. The van der Waals surface area contributed by atoms with Gasteiger partial charge in [-0.1, -0.05) is 205 Å². The molecule has 0 aliphatic heterocycles. The number of hydrogen-bond donors (Lipinski definition) is 0. The Labute approximate surface area is 356 Å². The number of nitrogens with zero attached hydrogens (tertiary/aromatic N) is 2. The van der Waals surface area contributed by atoms with Crippen molar-refractivity contribution >= 4 is 58.4 Å². The topological polar surface area (TPSA) is 6.48 Å². The molecule has 0 aromatic heterocycles. The minimum absolute atomic E-state index is 1.14. The van der Waals surface area contributed by atoms with Crippen LogP contribution in [0.5, 0.6) is 0 Å². The predicted molar refractivity (Wildman–Crippen MR) is 261 cm³/mol. The fourth-order valence-electron chi connectivity index (χ4n) is 6.70. The molecule has 0 saturated carbocycles. The maximum atomic E-state index is 2.29. The Kier molecular flexibility index (Phi) is 14.3. The highest BCUT2D eigenvalue weighted by molar-refractivity contribution is 5.78. The first-order valence-corrected chi connectivity index (χ1v) is 20.4. The summed E-state index contributed by atoms with van der Waals surface area (Å²) in [6.45, 7) is 4.24. The standard InChI is InChI=1S/C30H27N.C28H23N/c1-24-12-18-28(19-13-24)31(29-20-14-25(2)15-21-29)30-22-16-27(17-23-30)11-7-6-10-26-8-4-3-5-9-26;1-4-12-24(13-5-1)14-10-11-15-25-20-22-28(23-21-25)29(26-16-6-2-7-17-26)27-18-8-3-9-19-27/h3-23H,1-2H3;1-23H/b10-6+,11-7+;14-10+,15-11+. The van der Waals surface area contributed by atoms with Crippen LogP contribution in [-0.2, 0) is 0 Å². The molecule has 0 fully saturated rings. The van der Waals surface area contributed by atoms with E-state index in [0.29, 0.717) is 0 Å². The van der Waals surface area contributed by atoms with Gasteiger partial charge in [-0.2, -0.15) is 0 Å². The first-order chi connectivity index (χ1) is 29.6. The largest absolute Gasteiger partial charge is 0.311 e. The van der Waals surface area contributed by atoms with Gasteiger partial charge in [0.25, 0.3) is 0 Å². The van der Waals surface area contributed by atoms with Crippen LogP contribution in [0.1, 0.15) is 33.4 Å². The van der Waals surface area contributed by atoms with Gasteiger partial charge in [0.05, 0.1) is 0 Å². The smallest absolute Gasteiger partial charge is 0.0462 e. The lowest BCUT2D eigenvalue weighted by Gasteiger charge is -2.25. The summed E-state index contributed by atoms with van der Waals surface area (Å²) in [5, 5.41) is 0. The molecule has 0 aliphatic carbocycles. The van der Waals surface area contributed by atoms with Crippen molar-refractivity contribution in [2.24, 2.45) is 0 Å². The fourth-order valence-corrected chi connectivity index (χ4v) is 6.70. The van der Waals surface area contributed by atoms with E-state index in [4.69, 9.17) is 0 Å². The van der Waals surface area contributed by atoms with E-state index < -0.39 is 0 Å². The molecule has 8 rings (SSSR count). The van der Waals surface area contributed by atoms with Crippen LogP contribution >= 0.6 is 0 Å². The van der Waals surface area contributed by atoms with Crippen molar-refractivity contribution in [2.75, 3.05) is 9.80 Å². The normalized spacial score (nSPS) is 11.2. The van der Waals surface area contributed by atoms with E-state index in [1.807, 2.05) is 36.4 Å². The summed E-state index contributed by atoms with van der Waals surface area (Å²) in [6.07, 6.45) is 16.8. The number of benzene rings is 8. The molecule has 0 atom stereocenters. The number of para-hydroxylation sites is 2. The third-order valence-electron chi connectivity index (χ3n) is 9.89. The Morgan fingerprint density at radius 3 is 0.733 bits per heavy atom. The first kappa shape index (κ1) is 40.5. The van der Waals surface area contributed by atoms with Crippen LogP contribution in [0, 0.1) is 13.8 Å². The van der Waals surface area contributed by atoms with Crippen LogP contribution in [0.15, 0.2) is 243 Å². The number of allylic oxidation sites excluding steroid dienone is 4. The van der Waals surface area contributed by atoms with E-state index in [0.717, 1.165) is 34.1 Å². The predicted octanol–water partition coefficient (Wildman–Crippen LogP) is 16.4. The molecule has 0 amide bonds. The lowest BCUT2D eigenvalue weighted by Crippen LogP contribution is -2.09. The lowest BCUT2D eigenvalue weighted by molar-refractivity contribution is 1.27. The van der Waals surface area contributed by atoms with Crippen molar-refractivity contribution in [1.29, 1.82) is 0 Å². The number of aryl methyl sites for hydroxylation is 2. The molecule has 60 heavy (non-hydrogen) atoms. The molecular formula is C58H50N2. The zero-order chi connectivity index (χ0) is 41.2. The maximum absolute atomic E-state index is 2.29. The van der Waals surface area contributed by atoms with Crippen molar-refractivity contribution in [3.63, 3.8) is 0 Å². The van der Waals surface area contributed by atoms with Crippen molar-refractivity contribution in [1.82, 2.24) is 0 Å². The molecule has 0 heterocycles. The van der Waals surface area contributed by atoms with Crippen LogP contribution in [-0.4, -0.2) is 0 Å². The molecule has 0 radical (unpaired) electrons. The van der Waals surface area contributed by atoms with Gasteiger partial charge in [0.1, 0.15) is 0 Å². The first-order valence-electron chi connectivity index (χ1n) is 20.4. The van der Waals surface area contributed by atoms with Crippen molar-refractivity contribution < 1.29 is 0 Å². The van der Waals surface area contributed by atoms with Crippen LogP contribution < -0.4 is 9.80 Å². The van der Waals surface area contributed by atoms with Gasteiger partial charge in [0, 0.05) is 34.1 Å². The molecule has 292 valence electrons. The zero-order valence-corrected chi connectivity index (χ0v) is 34.3. The Bertz CT molecular complexity index is 2500. The third-order valence-corrected chi connectivity index (χ3v) is 9.89. The number of anilines is 6. The van der Waals surface area contributed by atoms with Crippen LogP contribution in [0.3, 0.4) is 0 Å². The van der Waals surface area contributed by atoms with E-state index >= 15 is 0 Å². The number of rotatable bonds is 12. The Morgan fingerprint density at radius 1 is 0.233 bits per heavy atom. The summed E-state index contributed by atoms with van der Waals surface area (Å²) in [5.41, 5.74) is 14.2. The molecule has 0 unspecified atom stereocenters. The quantitative estimate of drug-likeness (QED) is 0.114. The molecule has 2 heteroatoms. The lowest BCUT2D eigenvalue weighted by atomic mass is 10.1. The van der Waals surface area contributed by atoms with Gasteiger partial charge in [0.15, 0.2) is 0 Å². The SMILES string of the molecule is C(/C=C/c1ccc(N(c2ccccc2)c2ccccc2)cc1)=C\c1ccccc1.Cc1ccc(N(c2ccc(C)cc2)c2ccc(/C=C/C=C/c3ccccc3)cc2)cc1. The highest BCUT2D eigenvalue weighted by Gasteiger charge is 2.13. The molecule has 0 aliphatic rings. The Morgan fingerprint density at radius 2 is 0.450 bits per heavy atom. The highest BCUT2D eigenvalue weighted by Crippen LogP contribution is 2.36. The minimum Gasteiger partial charge on any atom is -0.311 e. The van der Waals surface area contributed by atoms with Crippen molar-refractivity contribution in [3.8, 4) is 0 Å². The molecule has 8 aromatic rings. The second-order valence-electron chi connectivity index (χ2n) is 14.5. The third kappa shape index (κ3) is 11.7. The van der Waals surface area contributed by atoms with Crippen molar-refractivity contribution in [3.05, 3.63) is 276 Å². The van der Waals surface area contributed by atoms with Crippen LogP contribution in [0.25, 0.3) is 24.3 Å². The van der Waals surface area contributed by atoms with Gasteiger partial charge in [-0.05, 0) is 109 Å². The second-order valence-corrected chi connectivity index (χ2v) is 14.5. The Hall–Kier alpha value is -7.68. The molecule has 0 saturated heterocycles. The van der Waals surface area contributed by atoms with Crippen LogP contribution in [0.2, 0.25) is 0 Å². The zero-order valence-electron chi connectivity index (χ0n) is 34.3. The average Bonchev–Trinajstić information content (AvgIpc) is 3.31. The van der Waals surface area contributed by atoms with Gasteiger partial charge >= 0.3 is 0 Å². The summed E-state index contributed by atoms with van der Waals surface area (Å²) in [5.74, 6) is 0. The molecule has 0 N–H and O–H groups in total. The van der Waals surface area contributed by atoms with Crippen molar-refractivity contribution in [2.45, 2.75) is 13.8 Å². The molecule has 2 nitrogen and oxygen atoms in total. The van der Waals surface area contributed by atoms with E-state index in [-0.39, 0.29) is 0 Å². The molecule has 0 bridgehead atoms. The number of hydrogen-bond acceptors (Lipinski definition) is 2. The average molecular weight is 775 g/mol. The van der Waals surface area contributed by atoms with E-state index in [9.17, 15) is 0 Å². The summed E-state index contributed by atoms with van der Waals surface area (Å²) in [7, 11) is 0. The van der Waals surface area contributed by atoms with Gasteiger partial charge in [0.2, 0.25) is 0 Å². The maximum Gasteiger partial charge on any atom is 0.0462 e. The fraction of sp³-hybridized carbons (Fsp3) is 0.0345. The summed E-state index contributed by atoms with van der Waals surface area (Å²) < 4.78 is 0.